The van der Waals surface area contributed by atoms with Crippen molar-refractivity contribution in [2.24, 2.45) is 5.92 Å². The first-order valence-corrected chi connectivity index (χ1v) is 7.56. The van der Waals surface area contributed by atoms with Crippen LogP contribution in [0.4, 0.5) is 14.5 Å². The average Bonchev–Trinajstić information content (AvgIpc) is 2.48. The lowest BCUT2D eigenvalue weighted by Gasteiger charge is -2.26. The molecule has 2 N–H and O–H groups in total. The van der Waals surface area contributed by atoms with Crippen LogP contribution in [0.2, 0.25) is 0 Å². The highest BCUT2D eigenvalue weighted by atomic mass is 19.3. The number of hydrogen-bond donors (Lipinski definition) is 2. The topological polar surface area (TPSA) is 84.6 Å². The van der Waals surface area contributed by atoms with Crippen LogP contribution in [-0.4, -0.2) is 29.3 Å². The Kier molecular flexibility index (Phi) is 6.23. The van der Waals surface area contributed by atoms with Crippen LogP contribution >= 0.6 is 0 Å². The van der Waals surface area contributed by atoms with Gasteiger partial charge in [0.2, 0.25) is 0 Å². The third-order valence-electron chi connectivity index (χ3n) is 3.97. The lowest BCUT2D eigenvalue weighted by molar-refractivity contribution is -0.385. The van der Waals surface area contributed by atoms with Gasteiger partial charge in [-0.2, -0.15) is 8.78 Å². The van der Waals surface area contributed by atoms with Crippen LogP contribution in [0.25, 0.3) is 0 Å². The Morgan fingerprint density at radius 3 is 2.87 bits per heavy atom. The third-order valence-corrected chi connectivity index (χ3v) is 3.97. The first-order chi connectivity index (χ1) is 11.0. The summed E-state index contributed by atoms with van der Waals surface area (Å²) in [4.78, 5) is 10.2. The lowest BCUT2D eigenvalue weighted by Crippen LogP contribution is -2.29. The number of ether oxygens (including phenoxy) is 1. The molecule has 2 rings (SSSR count). The van der Waals surface area contributed by atoms with Crippen LogP contribution in [0, 0.1) is 16.0 Å². The van der Waals surface area contributed by atoms with Gasteiger partial charge in [-0.3, -0.25) is 10.1 Å². The summed E-state index contributed by atoms with van der Waals surface area (Å²) in [6, 6.07) is 3.56. The Labute approximate surface area is 132 Å². The number of nitrogens with one attached hydrogen (secondary N) is 1. The Morgan fingerprint density at radius 1 is 1.43 bits per heavy atom. The van der Waals surface area contributed by atoms with Crippen molar-refractivity contribution in [2.45, 2.75) is 44.9 Å². The summed E-state index contributed by atoms with van der Waals surface area (Å²) in [5.74, 6) is 0.249. The molecular formula is C15H20F2N2O4. The number of hydrogen-bond acceptors (Lipinski definition) is 5. The number of non-ortho nitro benzene ring substituents is 1. The van der Waals surface area contributed by atoms with Gasteiger partial charge < -0.3 is 15.2 Å². The van der Waals surface area contributed by atoms with Crippen LogP contribution in [0.15, 0.2) is 18.2 Å². The molecule has 1 aliphatic rings. The smallest absolute Gasteiger partial charge is 0.387 e. The number of aliphatic hydroxyl groups is 1. The van der Waals surface area contributed by atoms with E-state index in [0.717, 1.165) is 25.3 Å². The van der Waals surface area contributed by atoms with Crippen LogP contribution in [0.3, 0.4) is 0 Å². The summed E-state index contributed by atoms with van der Waals surface area (Å²) < 4.78 is 29.2. The van der Waals surface area contributed by atoms with E-state index in [9.17, 15) is 24.0 Å². The molecule has 8 heteroatoms. The third kappa shape index (κ3) is 5.40. The Hall–Kier alpha value is -1.80. The number of nitro groups is 1. The molecule has 0 heterocycles. The molecule has 1 saturated carbocycles. The van der Waals surface area contributed by atoms with E-state index in [2.05, 4.69) is 10.1 Å². The zero-order valence-electron chi connectivity index (χ0n) is 12.6. The van der Waals surface area contributed by atoms with Gasteiger partial charge in [0.15, 0.2) is 0 Å². The molecule has 0 aliphatic heterocycles. The summed E-state index contributed by atoms with van der Waals surface area (Å²) in [7, 11) is 0. The van der Waals surface area contributed by atoms with Crippen molar-refractivity contribution >= 4 is 5.69 Å². The van der Waals surface area contributed by atoms with E-state index in [-0.39, 0.29) is 24.1 Å². The molecule has 2 unspecified atom stereocenters. The summed E-state index contributed by atoms with van der Waals surface area (Å²) >= 11 is 0. The number of benzene rings is 1. The summed E-state index contributed by atoms with van der Waals surface area (Å²) in [6.45, 7) is -2.17. The van der Waals surface area contributed by atoms with Crippen molar-refractivity contribution in [1.29, 1.82) is 0 Å². The van der Waals surface area contributed by atoms with Gasteiger partial charge in [-0.05, 0) is 37.8 Å². The number of alkyl halides is 2. The van der Waals surface area contributed by atoms with Gasteiger partial charge in [-0.1, -0.05) is 6.42 Å². The van der Waals surface area contributed by atoms with E-state index < -0.39 is 11.5 Å². The number of rotatable bonds is 7. The van der Waals surface area contributed by atoms with E-state index in [0.29, 0.717) is 24.4 Å². The molecule has 1 aromatic carbocycles. The fraction of sp³-hybridized carbons (Fsp3) is 0.600. The van der Waals surface area contributed by atoms with Gasteiger partial charge >= 0.3 is 6.61 Å². The fourth-order valence-electron chi connectivity index (χ4n) is 2.89. The predicted octanol–water partition coefficient (Wildman–Crippen LogP) is 2.84. The molecule has 2 atom stereocenters. The second kappa shape index (κ2) is 8.16. The molecule has 0 radical (unpaired) electrons. The second-order valence-electron chi connectivity index (χ2n) is 5.74. The highest BCUT2D eigenvalue weighted by molar-refractivity contribution is 5.43. The highest BCUT2D eigenvalue weighted by Crippen LogP contribution is 2.27. The van der Waals surface area contributed by atoms with E-state index in [1.165, 1.54) is 12.1 Å². The molecule has 23 heavy (non-hydrogen) atoms. The van der Waals surface area contributed by atoms with Crippen molar-refractivity contribution in [2.75, 3.05) is 6.54 Å². The average molecular weight is 330 g/mol. The van der Waals surface area contributed by atoms with Gasteiger partial charge in [-0.15, -0.1) is 0 Å². The molecule has 1 fully saturated rings. The zero-order valence-corrected chi connectivity index (χ0v) is 12.6. The van der Waals surface area contributed by atoms with Crippen molar-refractivity contribution in [1.82, 2.24) is 5.32 Å². The molecule has 0 aromatic heterocycles. The predicted molar refractivity (Wildman–Crippen MR) is 79.4 cm³/mol. The van der Waals surface area contributed by atoms with Crippen molar-refractivity contribution in [3.05, 3.63) is 33.9 Å². The minimum absolute atomic E-state index is 0.0678. The highest BCUT2D eigenvalue weighted by Gasteiger charge is 2.20. The van der Waals surface area contributed by atoms with E-state index in [4.69, 9.17) is 0 Å². The first kappa shape index (κ1) is 17.6. The number of nitro benzene ring substituents is 1. The standard InChI is InChI=1S/C15H20F2N2O4/c16-15(17)23-14-5-4-12(19(21)22)7-11(14)9-18-8-10-2-1-3-13(20)6-10/h4-5,7,10,13,15,18,20H,1-3,6,8-9H2. The molecule has 6 nitrogen and oxygen atoms in total. The van der Waals surface area contributed by atoms with Gasteiger partial charge in [0.25, 0.3) is 5.69 Å². The van der Waals surface area contributed by atoms with Crippen LogP contribution in [0.1, 0.15) is 31.2 Å². The molecule has 0 saturated heterocycles. The van der Waals surface area contributed by atoms with Gasteiger partial charge in [0.05, 0.1) is 11.0 Å². The molecule has 0 spiro atoms. The molecule has 128 valence electrons. The Bertz CT molecular complexity index is 542. The number of aliphatic hydroxyl groups excluding tert-OH is 1. The quantitative estimate of drug-likeness (QED) is 0.593. The Balaban J connectivity index is 1.98. The largest absolute Gasteiger partial charge is 0.434 e. The molecule has 0 amide bonds. The van der Waals surface area contributed by atoms with Crippen molar-refractivity contribution < 1.29 is 23.5 Å². The minimum Gasteiger partial charge on any atom is -0.434 e. The molecule has 1 aromatic rings. The van der Waals surface area contributed by atoms with Gasteiger partial charge in [0, 0.05) is 24.2 Å². The fourth-order valence-corrected chi connectivity index (χ4v) is 2.89. The van der Waals surface area contributed by atoms with Crippen LogP contribution < -0.4 is 10.1 Å². The van der Waals surface area contributed by atoms with Gasteiger partial charge in [0.1, 0.15) is 5.75 Å². The Morgan fingerprint density at radius 2 is 2.22 bits per heavy atom. The normalized spacial score (nSPS) is 21.4. The molecular weight excluding hydrogens is 310 g/mol. The molecule has 0 bridgehead atoms. The van der Waals surface area contributed by atoms with Crippen LogP contribution in [0.5, 0.6) is 5.75 Å². The van der Waals surface area contributed by atoms with E-state index >= 15 is 0 Å². The number of halogens is 2. The summed E-state index contributed by atoms with van der Waals surface area (Å²) in [6.07, 6.45) is 3.20. The monoisotopic (exact) mass is 330 g/mol. The number of nitrogens with zero attached hydrogens (tertiary/aromatic N) is 1. The zero-order chi connectivity index (χ0) is 16.8. The minimum atomic E-state index is -2.98. The van der Waals surface area contributed by atoms with E-state index in [1.807, 2.05) is 0 Å². The SMILES string of the molecule is O=[N+]([O-])c1ccc(OC(F)F)c(CNCC2CCCC(O)C2)c1. The maximum absolute atomic E-state index is 12.4. The molecule has 1 aliphatic carbocycles. The van der Waals surface area contributed by atoms with E-state index in [1.54, 1.807) is 0 Å². The lowest BCUT2D eigenvalue weighted by atomic mass is 9.87. The first-order valence-electron chi connectivity index (χ1n) is 7.56. The maximum atomic E-state index is 12.4. The second-order valence-corrected chi connectivity index (χ2v) is 5.74. The maximum Gasteiger partial charge on any atom is 0.387 e. The summed E-state index contributed by atoms with van der Waals surface area (Å²) in [5.41, 5.74) is 0.146. The van der Waals surface area contributed by atoms with Crippen LogP contribution in [-0.2, 0) is 6.54 Å². The van der Waals surface area contributed by atoms with Gasteiger partial charge in [-0.25, -0.2) is 0 Å². The van der Waals surface area contributed by atoms with Crippen molar-refractivity contribution in [3.8, 4) is 5.75 Å². The van der Waals surface area contributed by atoms with Crippen molar-refractivity contribution in [3.63, 3.8) is 0 Å². The summed E-state index contributed by atoms with van der Waals surface area (Å²) in [5, 5.41) is 23.6.